The molecule has 1 atom stereocenters. The van der Waals surface area contributed by atoms with E-state index in [1.165, 1.54) is 0 Å². The van der Waals surface area contributed by atoms with E-state index in [-0.39, 0.29) is 24.4 Å². The zero-order valence-corrected chi connectivity index (χ0v) is 8.95. The number of rotatable bonds is 4. The fourth-order valence-corrected chi connectivity index (χ4v) is 1.59. The van der Waals surface area contributed by atoms with Gasteiger partial charge in [0.25, 0.3) is 0 Å². The fourth-order valence-electron chi connectivity index (χ4n) is 1.59. The minimum absolute atomic E-state index is 0.00434. The molecule has 1 rings (SSSR count). The Morgan fingerprint density at radius 3 is 2.93 bits per heavy atom. The van der Waals surface area contributed by atoms with Gasteiger partial charge in [0.2, 0.25) is 11.8 Å². The lowest BCUT2D eigenvalue weighted by Gasteiger charge is -2.30. The predicted octanol–water partition coefficient (Wildman–Crippen LogP) is 0.137. The fraction of sp³-hybridized carbons (Fsp3) is 0.636. The minimum atomic E-state index is -0.390. The molecule has 0 aliphatic carbocycles. The Kier molecular flexibility index (Phi) is 4.17. The lowest BCUT2D eigenvalue weighted by atomic mass is 10.2. The standard InChI is InChI=1S/C11H16N2O2/c1-3-4-5-6-7-13-8-10(14)12-9(2)11(13)15/h1,9H,4-8H2,2H3,(H,12,14). The van der Waals surface area contributed by atoms with Crippen molar-refractivity contribution in [1.82, 2.24) is 10.2 Å². The Labute approximate surface area is 90.0 Å². The van der Waals surface area contributed by atoms with Gasteiger partial charge in [-0.25, -0.2) is 0 Å². The van der Waals surface area contributed by atoms with Crippen molar-refractivity contribution in [1.29, 1.82) is 0 Å². The summed E-state index contributed by atoms with van der Waals surface area (Å²) in [5, 5.41) is 2.60. The summed E-state index contributed by atoms with van der Waals surface area (Å²) in [6, 6.07) is -0.390. The van der Waals surface area contributed by atoms with Crippen LogP contribution in [0.2, 0.25) is 0 Å². The van der Waals surface area contributed by atoms with Gasteiger partial charge in [0.05, 0.1) is 6.54 Å². The van der Waals surface area contributed by atoms with Gasteiger partial charge in [0, 0.05) is 13.0 Å². The van der Waals surface area contributed by atoms with Crippen molar-refractivity contribution in [3.05, 3.63) is 0 Å². The van der Waals surface area contributed by atoms with E-state index in [0.29, 0.717) is 6.54 Å². The molecule has 0 aromatic carbocycles. The van der Waals surface area contributed by atoms with Crippen LogP contribution in [0, 0.1) is 12.3 Å². The molecule has 1 heterocycles. The molecule has 1 aliphatic heterocycles. The van der Waals surface area contributed by atoms with Crippen LogP contribution in [0.25, 0.3) is 0 Å². The number of hydrogen-bond acceptors (Lipinski definition) is 2. The van der Waals surface area contributed by atoms with Gasteiger partial charge in [-0.3, -0.25) is 9.59 Å². The molecule has 0 spiro atoms. The van der Waals surface area contributed by atoms with E-state index in [1.807, 2.05) is 0 Å². The highest BCUT2D eigenvalue weighted by Gasteiger charge is 2.28. The molecule has 1 fully saturated rings. The highest BCUT2D eigenvalue weighted by molar-refractivity contribution is 5.94. The molecule has 1 saturated heterocycles. The highest BCUT2D eigenvalue weighted by atomic mass is 16.2. The van der Waals surface area contributed by atoms with E-state index in [1.54, 1.807) is 11.8 Å². The maximum absolute atomic E-state index is 11.6. The molecule has 0 saturated carbocycles. The molecular formula is C11H16N2O2. The maximum Gasteiger partial charge on any atom is 0.245 e. The van der Waals surface area contributed by atoms with Gasteiger partial charge >= 0.3 is 0 Å². The first kappa shape index (κ1) is 11.6. The summed E-state index contributed by atoms with van der Waals surface area (Å²) in [4.78, 5) is 24.4. The van der Waals surface area contributed by atoms with Crippen LogP contribution in [0.4, 0.5) is 0 Å². The molecule has 0 radical (unpaired) electrons. The molecule has 4 heteroatoms. The molecule has 1 aliphatic rings. The number of terminal acetylenes is 1. The van der Waals surface area contributed by atoms with Gasteiger partial charge in [-0.15, -0.1) is 12.3 Å². The highest BCUT2D eigenvalue weighted by Crippen LogP contribution is 2.05. The number of hydrogen-bond donors (Lipinski definition) is 1. The second kappa shape index (κ2) is 5.40. The number of nitrogens with zero attached hydrogens (tertiary/aromatic N) is 1. The van der Waals surface area contributed by atoms with Gasteiger partial charge < -0.3 is 10.2 Å². The number of amides is 2. The third-order valence-corrected chi connectivity index (χ3v) is 2.39. The zero-order chi connectivity index (χ0) is 11.3. The van der Waals surface area contributed by atoms with E-state index in [4.69, 9.17) is 6.42 Å². The Bertz CT molecular complexity index is 293. The van der Waals surface area contributed by atoms with Crippen LogP contribution in [-0.4, -0.2) is 35.8 Å². The minimum Gasteiger partial charge on any atom is -0.343 e. The summed E-state index contributed by atoms with van der Waals surface area (Å²) in [5.74, 6) is 2.46. The molecule has 1 N–H and O–H groups in total. The smallest absolute Gasteiger partial charge is 0.245 e. The third-order valence-electron chi connectivity index (χ3n) is 2.39. The van der Waals surface area contributed by atoms with E-state index in [2.05, 4.69) is 11.2 Å². The van der Waals surface area contributed by atoms with Gasteiger partial charge in [-0.05, 0) is 19.8 Å². The van der Waals surface area contributed by atoms with Crippen molar-refractivity contribution in [2.24, 2.45) is 0 Å². The molecule has 15 heavy (non-hydrogen) atoms. The SMILES string of the molecule is C#CCCCCN1CC(=O)NC(C)C1=O. The van der Waals surface area contributed by atoms with Crippen LogP contribution in [0.3, 0.4) is 0 Å². The van der Waals surface area contributed by atoms with Crippen LogP contribution in [0.1, 0.15) is 26.2 Å². The van der Waals surface area contributed by atoms with Crippen LogP contribution < -0.4 is 5.32 Å². The van der Waals surface area contributed by atoms with Crippen molar-refractivity contribution in [3.8, 4) is 12.3 Å². The summed E-state index contributed by atoms with van der Waals surface area (Å²) >= 11 is 0. The first-order valence-corrected chi connectivity index (χ1v) is 5.16. The lowest BCUT2D eigenvalue weighted by Crippen LogP contribution is -2.56. The first-order valence-electron chi connectivity index (χ1n) is 5.16. The summed E-state index contributed by atoms with van der Waals surface area (Å²) in [6.45, 7) is 2.51. The Morgan fingerprint density at radius 1 is 1.53 bits per heavy atom. The summed E-state index contributed by atoms with van der Waals surface area (Å²) < 4.78 is 0. The molecule has 0 aromatic rings. The van der Waals surface area contributed by atoms with Crippen LogP contribution in [-0.2, 0) is 9.59 Å². The quantitative estimate of drug-likeness (QED) is 0.527. The topological polar surface area (TPSA) is 49.4 Å². The molecule has 1 unspecified atom stereocenters. The Hall–Kier alpha value is -1.50. The van der Waals surface area contributed by atoms with E-state index >= 15 is 0 Å². The maximum atomic E-state index is 11.6. The van der Waals surface area contributed by atoms with Crippen molar-refractivity contribution in [3.63, 3.8) is 0 Å². The third kappa shape index (κ3) is 3.28. The van der Waals surface area contributed by atoms with Crippen molar-refractivity contribution < 1.29 is 9.59 Å². The van der Waals surface area contributed by atoms with Crippen LogP contribution in [0.15, 0.2) is 0 Å². The lowest BCUT2D eigenvalue weighted by molar-refractivity contribution is -0.143. The van der Waals surface area contributed by atoms with Crippen LogP contribution >= 0.6 is 0 Å². The number of carbonyl (C=O) groups excluding carboxylic acids is 2. The average Bonchev–Trinajstić information content (AvgIpc) is 2.19. The molecule has 2 amide bonds. The van der Waals surface area contributed by atoms with Crippen molar-refractivity contribution >= 4 is 11.8 Å². The largest absolute Gasteiger partial charge is 0.343 e. The number of carbonyl (C=O) groups is 2. The van der Waals surface area contributed by atoms with Gasteiger partial charge in [-0.1, -0.05) is 0 Å². The first-order chi connectivity index (χ1) is 7.15. The number of piperazine rings is 1. The number of unbranched alkanes of at least 4 members (excludes halogenated alkanes) is 2. The molecule has 4 nitrogen and oxygen atoms in total. The van der Waals surface area contributed by atoms with Crippen molar-refractivity contribution in [2.75, 3.05) is 13.1 Å². The molecule has 0 aromatic heterocycles. The predicted molar refractivity (Wildman–Crippen MR) is 56.9 cm³/mol. The second-order valence-corrected chi connectivity index (χ2v) is 3.71. The normalized spacial score (nSPS) is 21.1. The Morgan fingerprint density at radius 2 is 2.27 bits per heavy atom. The Balaban J connectivity index is 2.36. The average molecular weight is 208 g/mol. The number of nitrogens with one attached hydrogen (secondary N) is 1. The van der Waals surface area contributed by atoms with Gasteiger partial charge in [0.15, 0.2) is 0 Å². The molecule has 82 valence electrons. The molecule has 0 bridgehead atoms. The molecular weight excluding hydrogens is 192 g/mol. The van der Waals surface area contributed by atoms with E-state index in [9.17, 15) is 9.59 Å². The summed E-state index contributed by atoms with van der Waals surface area (Å²) in [6.07, 6.45) is 7.61. The summed E-state index contributed by atoms with van der Waals surface area (Å²) in [7, 11) is 0. The van der Waals surface area contributed by atoms with E-state index in [0.717, 1.165) is 19.3 Å². The zero-order valence-electron chi connectivity index (χ0n) is 8.95. The van der Waals surface area contributed by atoms with Crippen molar-refractivity contribution in [2.45, 2.75) is 32.2 Å². The van der Waals surface area contributed by atoms with Crippen LogP contribution in [0.5, 0.6) is 0 Å². The summed E-state index contributed by atoms with van der Waals surface area (Å²) in [5.41, 5.74) is 0. The monoisotopic (exact) mass is 208 g/mol. The van der Waals surface area contributed by atoms with Gasteiger partial charge in [0.1, 0.15) is 6.04 Å². The second-order valence-electron chi connectivity index (χ2n) is 3.71. The van der Waals surface area contributed by atoms with E-state index < -0.39 is 0 Å². The van der Waals surface area contributed by atoms with Gasteiger partial charge in [-0.2, -0.15) is 0 Å².